The Morgan fingerprint density at radius 2 is 1.74 bits per heavy atom. The van der Waals surface area contributed by atoms with Crippen molar-refractivity contribution in [2.24, 2.45) is 0 Å². The molecule has 1 spiro atoms. The maximum Gasteiger partial charge on any atom is 0.324 e. The lowest BCUT2D eigenvalue weighted by Crippen LogP contribution is -2.56. The zero-order valence-corrected chi connectivity index (χ0v) is 14.1. The van der Waals surface area contributed by atoms with Crippen LogP contribution >= 0.6 is 0 Å². The number of carbonyl (C=O) groups excluding carboxylic acids is 2. The Morgan fingerprint density at radius 3 is 2.26 bits per heavy atom. The highest BCUT2D eigenvalue weighted by molar-refractivity contribution is 5.96. The van der Waals surface area contributed by atoms with E-state index in [2.05, 4.69) is 48.6 Å². The van der Waals surface area contributed by atoms with Crippen LogP contribution in [-0.4, -0.2) is 47.9 Å². The highest BCUT2D eigenvalue weighted by Crippen LogP contribution is 2.47. The van der Waals surface area contributed by atoms with Crippen LogP contribution in [0.4, 0.5) is 4.79 Å². The standard InChI is InChI=1S/C18H25N3O2/c1-14(22)21-16(23)19-13-17(21)9-11-18(12-10-17,20(2)3)15-7-5-4-6-8-15/h4-8H,9-13H2,1-3H3,(H,19,23)/t17-,18+. The van der Waals surface area contributed by atoms with E-state index in [0.29, 0.717) is 6.54 Å². The zero-order valence-electron chi connectivity index (χ0n) is 14.1. The van der Waals surface area contributed by atoms with Gasteiger partial charge in [-0.25, -0.2) is 4.79 Å². The number of carbonyl (C=O) groups is 2. The van der Waals surface area contributed by atoms with E-state index in [4.69, 9.17) is 0 Å². The first-order valence-electron chi connectivity index (χ1n) is 8.23. The van der Waals surface area contributed by atoms with E-state index in [1.807, 2.05) is 6.07 Å². The second kappa shape index (κ2) is 5.64. The van der Waals surface area contributed by atoms with Gasteiger partial charge in [-0.15, -0.1) is 0 Å². The van der Waals surface area contributed by atoms with Gasteiger partial charge in [0.1, 0.15) is 0 Å². The van der Waals surface area contributed by atoms with Gasteiger partial charge in [-0.3, -0.25) is 14.6 Å². The van der Waals surface area contributed by atoms with E-state index in [1.165, 1.54) is 17.4 Å². The van der Waals surface area contributed by atoms with Crippen LogP contribution in [0.3, 0.4) is 0 Å². The molecule has 5 nitrogen and oxygen atoms in total. The molecule has 0 aromatic heterocycles. The van der Waals surface area contributed by atoms with Crippen molar-refractivity contribution in [3.8, 4) is 0 Å². The van der Waals surface area contributed by atoms with E-state index in [9.17, 15) is 9.59 Å². The van der Waals surface area contributed by atoms with Crippen LogP contribution in [0, 0.1) is 0 Å². The summed E-state index contributed by atoms with van der Waals surface area (Å²) in [5.41, 5.74) is 0.934. The summed E-state index contributed by atoms with van der Waals surface area (Å²) in [6, 6.07) is 10.3. The summed E-state index contributed by atoms with van der Waals surface area (Å²) in [6.07, 6.45) is 3.53. The summed E-state index contributed by atoms with van der Waals surface area (Å²) < 4.78 is 0. The first-order chi connectivity index (χ1) is 10.9. The summed E-state index contributed by atoms with van der Waals surface area (Å²) in [4.78, 5) is 27.7. The number of nitrogens with one attached hydrogen (secondary N) is 1. The lowest BCUT2D eigenvalue weighted by molar-refractivity contribution is -0.131. The van der Waals surface area contributed by atoms with Gasteiger partial charge in [0, 0.05) is 19.0 Å². The summed E-state index contributed by atoms with van der Waals surface area (Å²) in [5, 5.41) is 2.86. The molecule has 3 rings (SSSR count). The number of rotatable bonds is 2. The molecular weight excluding hydrogens is 290 g/mol. The Hall–Kier alpha value is -1.88. The fourth-order valence-electron chi connectivity index (χ4n) is 4.36. The molecule has 0 atom stereocenters. The molecule has 1 saturated heterocycles. The van der Waals surface area contributed by atoms with Gasteiger partial charge in [0.2, 0.25) is 5.91 Å². The van der Waals surface area contributed by atoms with Gasteiger partial charge in [-0.1, -0.05) is 30.3 Å². The Morgan fingerprint density at radius 1 is 1.13 bits per heavy atom. The number of hydrogen-bond acceptors (Lipinski definition) is 3. The third-order valence-electron chi connectivity index (χ3n) is 5.74. The number of hydrogen-bond donors (Lipinski definition) is 1. The van der Waals surface area contributed by atoms with Gasteiger partial charge in [-0.05, 0) is 45.3 Å². The predicted molar refractivity (Wildman–Crippen MR) is 88.9 cm³/mol. The molecule has 0 unspecified atom stereocenters. The zero-order chi connectivity index (χ0) is 16.7. The second-order valence-electron chi connectivity index (χ2n) is 7.03. The Kier molecular flexibility index (Phi) is 3.92. The predicted octanol–water partition coefficient (Wildman–Crippen LogP) is 2.33. The Labute approximate surface area is 137 Å². The van der Waals surface area contributed by atoms with Crippen molar-refractivity contribution in [3.05, 3.63) is 35.9 Å². The minimum Gasteiger partial charge on any atom is -0.335 e. The monoisotopic (exact) mass is 315 g/mol. The molecule has 3 amide bonds. The molecular formula is C18H25N3O2. The van der Waals surface area contributed by atoms with Crippen LogP contribution in [0.2, 0.25) is 0 Å². The molecule has 1 aliphatic heterocycles. The first kappa shape index (κ1) is 16.0. The normalized spacial score (nSPS) is 30.8. The van der Waals surface area contributed by atoms with E-state index in [-0.39, 0.29) is 23.0 Å². The van der Waals surface area contributed by atoms with Crippen LogP contribution in [-0.2, 0) is 10.3 Å². The van der Waals surface area contributed by atoms with Crippen molar-refractivity contribution in [2.75, 3.05) is 20.6 Å². The van der Waals surface area contributed by atoms with Crippen molar-refractivity contribution < 1.29 is 9.59 Å². The van der Waals surface area contributed by atoms with E-state index in [1.54, 1.807) is 0 Å². The summed E-state index contributed by atoms with van der Waals surface area (Å²) >= 11 is 0. The molecule has 1 aromatic rings. The van der Waals surface area contributed by atoms with Crippen molar-refractivity contribution in [1.29, 1.82) is 0 Å². The third kappa shape index (κ3) is 2.43. The molecule has 1 N–H and O–H groups in total. The van der Waals surface area contributed by atoms with Crippen LogP contribution in [0.25, 0.3) is 0 Å². The van der Waals surface area contributed by atoms with Crippen LogP contribution < -0.4 is 5.32 Å². The lowest BCUT2D eigenvalue weighted by atomic mass is 9.68. The van der Waals surface area contributed by atoms with Crippen molar-refractivity contribution in [1.82, 2.24) is 15.1 Å². The van der Waals surface area contributed by atoms with Crippen molar-refractivity contribution >= 4 is 11.9 Å². The topological polar surface area (TPSA) is 52.7 Å². The van der Waals surface area contributed by atoms with E-state index >= 15 is 0 Å². The Balaban J connectivity index is 1.89. The van der Waals surface area contributed by atoms with Gasteiger partial charge >= 0.3 is 6.03 Å². The molecule has 1 saturated carbocycles. The molecule has 1 heterocycles. The molecule has 23 heavy (non-hydrogen) atoms. The number of amides is 3. The molecule has 2 aliphatic rings. The Bertz CT molecular complexity index is 604. The average Bonchev–Trinajstić information content (AvgIpc) is 2.85. The average molecular weight is 315 g/mol. The molecule has 1 aromatic carbocycles. The first-order valence-corrected chi connectivity index (χ1v) is 8.23. The quantitative estimate of drug-likeness (QED) is 0.911. The third-order valence-corrected chi connectivity index (χ3v) is 5.74. The molecule has 124 valence electrons. The van der Waals surface area contributed by atoms with Gasteiger partial charge in [0.05, 0.1) is 5.54 Å². The highest BCUT2D eigenvalue weighted by Gasteiger charge is 2.53. The molecule has 2 fully saturated rings. The summed E-state index contributed by atoms with van der Waals surface area (Å²) in [6.45, 7) is 2.06. The van der Waals surface area contributed by atoms with Crippen LogP contribution in [0.5, 0.6) is 0 Å². The van der Waals surface area contributed by atoms with E-state index < -0.39 is 0 Å². The van der Waals surface area contributed by atoms with Crippen molar-refractivity contribution in [3.63, 3.8) is 0 Å². The van der Waals surface area contributed by atoms with Crippen molar-refractivity contribution in [2.45, 2.75) is 43.7 Å². The van der Waals surface area contributed by atoms with E-state index in [0.717, 1.165) is 25.7 Å². The molecule has 0 radical (unpaired) electrons. The molecule has 5 heteroatoms. The number of imide groups is 1. The van der Waals surface area contributed by atoms with Gasteiger partial charge in [0.15, 0.2) is 0 Å². The van der Waals surface area contributed by atoms with Crippen LogP contribution in [0.1, 0.15) is 38.2 Å². The van der Waals surface area contributed by atoms with Crippen LogP contribution in [0.15, 0.2) is 30.3 Å². The fourth-order valence-corrected chi connectivity index (χ4v) is 4.36. The summed E-state index contributed by atoms with van der Waals surface area (Å²) in [7, 11) is 4.23. The van der Waals surface area contributed by atoms with Gasteiger partial charge in [0.25, 0.3) is 0 Å². The largest absolute Gasteiger partial charge is 0.335 e. The van der Waals surface area contributed by atoms with Gasteiger partial charge < -0.3 is 5.32 Å². The van der Waals surface area contributed by atoms with Gasteiger partial charge in [-0.2, -0.15) is 0 Å². The molecule has 1 aliphatic carbocycles. The molecule has 0 bridgehead atoms. The summed E-state index contributed by atoms with van der Waals surface area (Å²) in [5.74, 6) is -0.155. The maximum atomic E-state index is 12.0. The smallest absolute Gasteiger partial charge is 0.324 e. The SMILES string of the molecule is CC(=O)N1C(=O)NC[C@]12CC[C@](c1ccccc1)(N(C)C)CC2. The second-order valence-corrected chi connectivity index (χ2v) is 7.03. The number of nitrogens with zero attached hydrogens (tertiary/aromatic N) is 2. The highest BCUT2D eigenvalue weighted by atomic mass is 16.2. The number of urea groups is 1. The minimum absolute atomic E-state index is 0.0272. The fraction of sp³-hybridized carbons (Fsp3) is 0.556. The number of benzene rings is 1. The minimum atomic E-state index is -0.350. The lowest BCUT2D eigenvalue weighted by Gasteiger charge is -2.50. The maximum absolute atomic E-state index is 12.0.